The Morgan fingerprint density at radius 2 is 1.85 bits per heavy atom. The van der Waals surface area contributed by atoms with E-state index < -0.39 is 22.4 Å². The van der Waals surface area contributed by atoms with Crippen molar-refractivity contribution in [2.75, 3.05) is 36.0 Å². The second kappa shape index (κ2) is 8.96. The van der Waals surface area contributed by atoms with Crippen LogP contribution in [0, 0.1) is 10.1 Å². The number of nitro benzene ring substituents is 1. The quantitative estimate of drug-likeness (QED) is 0.390. The Balaban J connectivity index is 1.53. The molecule has 2 aromatic heterocycles. The molecule has 0 spiro atoms. The first-order valence-corrected chi connectivity index (χ1v) is 11.2. The number of piperazine rings is 1. The Morgan fingerprint density at radius 3 is 2.48 bits per heavy atom. The number of nitro groups is 1. The van der Waals surface area contributed by atoms with E-state index in [1.807, 2.05) is 4.90 Å². The number of hydrogen-bond acceptors (Lipinski definition) is 8. The summed E-state index contributed by atoms with van der Waals surface area (Å²) in [7, 11) is 0. The molecule has 0 N–H and O–H groups in total. The molecule has 0 radical (unpaired) electrons. The lowest BCUT2D eigenvalue weighted by molar-refractivity contribution is -0.384. The molecular formula is C20H21F3N6O3S. The maximum atomic E-state index is 13.0. The van der Waals surface area contributed by atoms with Gasteiger partial charge in [0.05, 0.1) is 10.5 Å². The van der Waals surface area contributed by atoms with Crippen LogP contribution in [0.2, 0.25) is 0 Å². The van der Waals surface area contributed by atoms with E-state index in [4.69, 9.17) is 0 Å². The van der Waals surface area contributed by atoms with Crippen LogP contribution >= 0.6 is 11.3 Å². The summed E-state index contributed by atoms with van der Waals surface area (Å²) < 4.78 is 40.2. The number of alkyl halides is 3. The third-order valence-electron chi connectivity index (χ3n) is 5.46. The van der Waals surface area contributed by atoms with Crippen LogP contribution in [0.15, 0.2) is 29.1 Å². The summed E-state index contributed by atoms with van der Waals surface area (Å²) in [5.41, 5.74) is -1.79. The highest BCUT2D eigenvalue weighted by atomic mass is 32.1. The lowest BCUT2D eigenvalue weighted by Gasteiger charge is -2.36. The second-order valence-corrected chi connectivity index (χ2v) is 8.72. The first-order chi connectivity index (χ1) is 15.7. The molecular weight excluding hydrogens is 461 g/mol. The Kier molecular flexibility index (Phi) is 6.23. The van der Waals surface area contributed by atoms with Crippen molar-refractivity contribution < 1.29 is 18.1 Å². The van der Waals surface area contributed by atoms with E-state index in [1.165, 1.54) is 21.9 Å². The molecule has 1 fully saturated rings. The monoisotopic (exact) mass is 482 g/mol. The molecule has 13 heteroatoms. The number of nitrogens with zero attached hydrogens (tertiary/aromatic N) is 6. The number of halogens is 3. The van der Waals surface area contributed by atoms with Gasteiger partial charge in [-0.2, -0.15) is 22.8 Å². The summed E-state index contributed by atoms with van der Waals surface area (Å²) in [6.07, 6.45) is -1.89. The van der Waals surface area contributed by atoms with Crippen molar-refractivity contribution in [1.82, 2.24) is 14.6 Å². The Hall–Kier alpha value is -3.22. The molecule has 1 aliphatic rings. The minimum atomic E-state index is -4.66. The summed E-state index contributed by atoms with van der Waals surface area (Å²) in [6.45, 7) is 3.55. The third-order valence-corrected chi connectivity index (χ3v) is 6.43. The Labute approximate surface area is 190 Å². The van der Waals surface area contributed by atoms with Gasteiger partial charge in [0.15, 0.2) is 0 Å². The number of hydrogen-bond donors (Lipinski definition) is 0. The largest absolute Gasteiger partial charge is 0.416 e. The zero-order valence-corrected chi connectivity index (χ0v) is 18.5. The fourth-order valence-corrected chi connectivity index (χ4v) is 4.66. The van der Waals surface area contributed by atoms with E-state index in [-0.39, 0.29) is 11.2 Å². The third kappa shape index (κ3) is 4.77. The van der Waals surface area contributed by atoms with Crippen molar-refractivity contribution in [3.05, 3.63) is 55.3 Å². The minimum absolute atomic E-state index is 0.138. The molecule has 0 amide bonds. The molecule has 3 heterocycles. The molecule has 3 aromatic rings. The molecule has 4 rings (SSSR count). The van der Waals surface area contributed by atoms with Gasteiger partial charge >= 0.3 is 6.18 Å². The lowest BCUT2D eigenvalue weighted by atomic mass is 10.1. The van der Waals surface area contributed by atoms with E-state index in [0.29, 0.717) is 43.0 Å². The van der Waals surface area contributed by atoms with Gasteiger partial charge in [-0.05, 0) is 18.6 Å². The molecule has 0 bridgehead atoms. The molecule has 0 aliphatic carbocycles. The highest BCUT2D eigenvalue weighted by Crippen LogP contribution is 2.37. The Morgan fingerprint density at radius 1 is 1.15 bits per heavy atom. The first-order valence-electron chi connectivity index (χ1n) is 10.4. The number of aryl methyl sites for hydroxylation is 1. The van der Waals surface area contributed by atoms with Gasteiger partial charge in [0, 0.05) is 44.7 Å². The summed E-state index contributed by atoms with van der Waals surface area (Å²) in [5, 5.41) is 16.6. The number of fused-ring (bicyclic) bond motifs is 1. The van der Waals surface area contributed by atoms with E-state index in [2.05, 4.69) is 17.0 Å². The van der Waals surface area contributed by atoms with E-state index in [0.717, 1.165) is 36.4 Å². The maximum Gasteiger partial charge on any atom is 0.416 e. The molecule has 0 atom stereocenters. The molecule has 9 nitrogen and oxygen atoms in total. The standard InChI is InChI=1S/C20H21F3N6O3S/c1-2-3-4-17-25-28-18(30)12-16(24-19(28)33-17)27-9-7-26(8-10-27)14-6-5-13(20(21,22)23)11-15(14)29(31)32/h5-6,11-12H,2-4,7-10H2,1H3. The molecule has 176 valence electrons. The van der Waals surface area contributed by atoms with Crippen molar-refractivity contribution in [2.24, 2.45) is 0 Å². The molecule has 1 saturated heterocycles. The zero-order chi connectivity index (χ0) is 23.8. The summed E-state index contributed by atoms with van der Waals surface area (Å²) in [5.74, 6) is 0.493. The highest BCUT2D eigenvalue weighted by molar-refractivity contribution is 7.16. The molecule has 0 saturated carbocycles. The minimum Gasteiger partial charge on any atom is -0.362 e. The van der Waals surface area contributed by atoms with Crippen LogP contribution in [0.5, 0.6) is 0 Å². The zero-order valence-electron chi connectivity index (χ0n) is 17.7. The van der Waals surface area contributed by atoms with Crippen LogP contribution in [0.25, 0.3) is 4.96 Å². The second-order valence-electron chi connectivity index (χ2n) is 7.68. The van der Waals surface area contributed by atoms with Crippen LogP contribution < -0.4 is 15.4 Å². The first kappa shape index (κ1) is 23.0. The van der Waals surface area contributed by atoms with Gasteiger partial charge in [-0.3, -0.25) is 14.9 Å². The van der Waals surface area contributed by atoms with Crippen LogP contribution in [-0.4, -0.2) is 45.7 Å². The highest BCUT2D eigenvalue weighted by Gasteiger charge is 2.34. The lowest BCUT2D eigenvalue weighted by Crippen LogP contribution is -2.47. The van der Waals surface area contributed by atoms with Gasteiger partial charge in [-0.25, -0.2) is 4.98 Å². The molecule has 1 aromatic carbocycles. The van der Waals surface area contributed by atoms with E-state index in [1.54, 1.807) is 4.90 Å². The maximum absolute atomic E-state index is 13.0. The average Bonchev–Trinajstić information content (AvgIpc) is 3.20. The molecule has 1 aliphatic heterocycles. The van der Waals surface area contributed by atoms with Gasteiger partial charge < -0.3 is 9.80 Å². The van der Waals surface area contributed by atoms with Gasteiger partial charge in [-0.1, -0.05) is 24.7 Å². The van der Waals surface area contributed by atoms with Gasteiger partial charge in [0.25, 0.3) is 11.2 Å². The predicted molar refractivity (Wildman–Crippen MR) is 118 cm³/mol. The van der Waals surface area contributed by atoms with Crippen LogP contribution in [0.4, 0.5) is 30.4 Å². The Bertz CT molecular complexity index is 1230. The topological polar surface area (TPSA) is 96.9 Å². The smallest absolute Gasteiger partial charge is 0.362 e. The van der Waals surface area contributed by atoms with E-state index >= 15 is 0 Å². The summed E-state index contributed by atoms with van der Waals surface area (Å²) >= 11 is 1.37. The van der Waals surface area contributed by atoms with E-state index in [9.17, 15) is 28.1 Å². The van der Waals surface area contributed by atoms with Crippen LogP contribution in [-0.2, 0) is 12.6 Å². The molecule has 33 heavy (non-hydrogen) atoms. The number of anilines is 2. The number of rotatable bonds is 6. The summed E-state index contributed by atoms with van der Waals surface area (Å²) in [6, 6.07) is 3.97. The van der Waals surface area contributed by atoms with Crippen molar-refractivity contribution in [3.63, 3.8) is 0 Å². The van der Waals surface area contributed by atoms with Crippen molar-refractivity contribution in [3.8, 4) is 0 Å². The fourth-order valence-electron chi connectivity index (χ4n) is 3.72. The van der Waals surface area contributed by atoms with Crippen LogP contribution in [0.3, 0.4) is 0 Å². The average molecular weight is 482 g/mol. The summed E-state index contributed by atoms with van der Waals surface area (Å²) in [4.78, 5) is 31.8. The van der Waals surface area contributed by atoms with Gasteiger partial charge in [0.2, 0.25) is 4.96 Å². The normalized spacial score (nSPS) is 14.8. The van der Waals surface area contributed by atoms with Crippen molar-refractivity contribution in [1.29, 1.82) is 0 Å². The fraction of sp³-hybridized carbons (Fsp3) is 0.450. The van der Waals surface area contributed by atoms with Crippen LogP contribution in [0.1, 0.15) is 30.3 Å². The molecule has 0 unspecified atom stereocenters. The van der Waals surface area contributed by atoms with Gasteiger partial charge in [0.1, 0.15) is 16.5 Å². The predicted octanol–water partition coefficient (Wildman–Crippen LogP) is 3.75. The SMILES string of the molecule is CCCCc1nn2c(=O)cc(N3CCN(c4ccc(C(F)(F)F)cc4[N+](=O)[O-])CC3)nc2s1. The van der Waals surface area contributed by atoms with Crippen molar-refractivity contribution in [2.45, 2.75) is 32.4 Å². The number of aromatic nitrogens is 3. The number of benzene rings is 1. The number of unbranched alkanes of at least 4 members (excludes halogenated alkanes) is 1. The van der Waals surface area contributed by atoms with Crippen molar-refractivity contribution >= 4 is 33.5 Å². The van der Waals surface area contributed by atoms with Gasteiger partial charge in [-0.15, -0.1) is 0 Å².